The number of carbonyl (C=O) groups excluding carboxylic acids is 2. The lowest BCUT2D eigenvalue weighted by molar-refractivity contribution is -0.862. The quantitative estimate of drug-likeness (QED) is 0.627. The summed E-state index contributed by atoms with van der Waals surface area (Å²) in [5.41, 5.74) is 1.76. The number of methoxy groups -OCH3 is 2. The average molecular weight is 391 g/mol. The topological polar surface area (TPSA) is 72.3 Å². The Morgan fingerprint density at radius 1 is 1.21 bits per heavy atom. The van der Waals surface area contributed by atoms with Crippen molar-refractivity contribution >= 4 is 17.5 Å². The molecule has 0 bridgehead atoms. The number of carbonyl (C=O) groups is 2. The lowest BCUT2D eigenvalue weighted by atomic mass is 10.0. The van der Waals surface area contributed by atoms with Crippen LogP contribution in [0.4, 0.5) is 5.69 Å². The molecule has 0 radical (unpaired) electrons. The van der Waals surface area contributed by atoms with Crippen molar-refractivity contribution in [2.24, 2.45) is 0 Å². The minimum atomic E-state index is -0.140. The third-order valence-electron chi connectivity index (χ3n) is 4.70. The number of nitrogens with one attached hydrogen (secondary N) is 2. The molecule has 0 saturated carbocycles. The smallest absolute Gasteiger partial charge is 0.281 e. The van der Waals surface area contributed by atoms with E-state index in [0.29, 0.717) is 24.6 Å². The van der Waals surface area contributed by atoms with Gasteiger partial charge in [-0.25, -0.2) is 0 Å². The number of allylic oxidation sites excluding steroid dienone is 2. The van der Waals surface area contributed by atoms with Crippen molar-refractivity contribution in [1.82, 2.24) is 4.90 Å². The first kappa shape index (κ1) is 21.9. The Morgan fingerprint density at radius 3 is 2.71 bits per heavy atom. The first-order valence-electron chi connectivity index (χ1n) is 9.77. The molecule has 0 heterocycles. The van der Waals surface area contributed by atoms with Crippen LogP contribution in [0.25, 0.3) is 0 Å². The molecule has 0 fully saturated rings. The fourth-order valence-electron chi connectivity index (χ4n) is 3.27. The summed E-state index contributed by atoms with van der Waals surface area (Å²) in [6.07, 6.45) is 6.37. The van der Waals surface area contributed by atoms with Crippen LogP contribution in [0.1, 0.15) is 25.7 Å². The number of nitrogens with zero attached hydrogens (tertiary/aromatic N) is 1. The van der Waals surface area contributed by atoms with Crippen LogP contribution in [-0.4, -0.2) is 64.2 Å². The van der Waals surface area contributed by atoms with Crippen molar-refractivity contribution in [3.8, 4) is 5.75 Å². The van der Waals surface area contributed by atoms with Gasteiger partial charge in [-0.3, -0.25) is 9.59 Å². The normalized spacial score (nSPS) is 14.8. The molecule has 2 N–H and O–H groups in total. The molecule has 2 amide bonds. The van der Waals surface area contributed by atoms with Crippen molar-refractivity contribution in [3.05, 3.63) is 36.0 Å². The van der Waals surface area contributed by atoms with Crippen LogP contribution in [0.5, 0.6) is 5.75 Å². The predicted molar refractivity (Wildman–Crippen MR) is 108 cm³/mol. The number of ether oxygens (including phenoxy) is 2. The van der Waals surface area contributed by atoms with E-state index in [0.717, 1.165) is 29.9 Å². The summed E-state index contributed by atoms with van der Waals surface area (Å²) in [5.74, 6) is 0.568. The first-order valence-corrected chi connectivity index (χ1v) is 9.77. The summed E-state index contributed by atoms with van der Waals surface area (Å²) < 4.78 is 10.3. The molecule has 7 heteroatoms. The molecular formula is C21H32N3O4+. The Balaban J connectivity index is 1.89. The fourth-order valence-corrected chi connectivity index (χ4v) is 3.27. The van der Waals surface area contributed by atoms with Gasteiger partial charge >= 0.3 is 0 Å². The maximum absolute atomic E-state index is 12.8. The zero-order valence-corrected chi connectivity index (χ0v) is 17.1. The number of hydrogen-bond donors (Lipinski definition) is 2. The lowest BCUT2D eigenvalue weighted by Crippen LogP contribution is -3.11. The number of amides is 2. The van der Waals surface area contributed by atoms with Crippen molar-refractivity contribution in [2.75, 3.05) is 52.8 Å². The van der Waals surface area contributed by atoms with Gasteiger partial charge in [-0.2, -0.15) is 0 Å². The second-order valence-electron chi connectivity index (χ2n) is 7.07. The Morgan fingerprint density at radius 2 is 2.04 bits per heavy atom. The fraction of sp³-hybridized carbons (Fsp3) is 0.524. The molecule has 0 spiro atoms. The van der Waals surface area contributed by atoms with E-state index in [1.54, 1.807) is 20.3 Å². The van der Waals surface area contributed by atoms with Gasteiger partial charge in [0.1, 0.15) is 5.75 Å². The SMILES string of the molecule is COCCN(C(=O)C[NH+](C)CC(=O)Nc1cccc(OC)c1)C1=CCCCC1. The second kappa shape index (κ2) is 11.5. The molecule has 1 aliphatic rings. The van der Waals surface area contributed by atoms with E-state index in [1.165, 1.54) is 6.42 Å². The van der Waals surface area contributed by atoms with Gasteiger partial charge in [0.25, 0.3) is 11.8 Å². The van der Waals surface area contributed by atoms with Crippen LogP contribution in [0.15, 0.2) is 36.0 Å². The number of benzene rings is 1. The third-order valence-corrected chi connectivity index (χ3v) is 4.70. The van der Waals surface area contributed by atoms with Crippen molar-refractivity contribution in [3.63, 3.8) is 0 Å². The van der Waals surface area contributed by atoms with E-state index in [-0.39, 0.29) is 24.9 Å². The van der Waals surface area contributed by atoms with Gasteiger partial charge in [0.15, 0.2) is 13.1 Å². The van der Waals surface area contributed by atoms with E-state index in [9.17, 15) is 9.59 Å². The van der Waals surface area contributed by atoms with E-state index < -0.39 is 0 Å². The summed E-state index contributed by atoms with van der Waals surface area (Å²) in [7, 11) is 5.08. The van der Waals surface area contributed by atoms with Crippen molar-refractivity contribution < 1.29 is 24.0 Å². The highest BCUT2D eigenvalue weighted by molar-refractivity contribution is 5.91. The van der Waals surface area contributed by atoms with Gasteiger partial charge in [-0.15, -0.1) is 0 Å². The van der Waals surface area contributed by atoms with E-state index >= 15 is 0 Å². The van der Waals surface area contributed by atoms with Gasteiger partial charge < -0.3 is 24.6 Å². The Labute approximate surface area is 167 Å². The maximum atomic E-state index is 12.8. The summed E-state index contributed by atoms with van der Waals surface area (Å²) in [5, 5.41) is 2.85. The Bertz CT molecular complexity index is 690. The Kier molecular flexibility index (Phi) is 8.97. The maximum Gasteiger partial charge on any atom is 0.281 e. The van der Waals surface area contributed by atoms with Crippen LogP contribution >= 0.6 is 0 Å². The highest BCUT2D eigenvalue weighted by Gasteiger charge is 2.23. The summed E-state index contributed by atoms with van der Waals surface area (Å²) in [6, 6.07) is 7.21. The first-order chi connectivity index (χ1) is 13.5. The molecule has 0 aliphatic heterocycles. The zero-order valence-electron chi connectivity index (χ0n) is 17.1. The molecule has 1 aromatic rings. The van der Waals surface area contributed by atoms with Gasteiger partial charge in [0.2, 0.25) is 0 Å². The molecule has 1 atom stereocenters. The van der Waals surface area contributed by atoms with E-state index in [4.69, 9.17) is 9.47 Å². The molecule has 2 rings (SSSR count). The van der Waals surface area contributed by atoms with Crippen LogP contribution in [0.3, 0.4) is 0 Å². The number of quaternary nitrogens is 1. The number of hydrogen-bond acceptors (Lipinski definition) is 4. The second-order valence-corrected chi connectivity index (χ2v) is 7.07. The van der Waals surface area contributed by atoms with E-state index in [1.807, 2.05) is 30.1 Å². The molecule has 154 valence electrons. The highest BCUT2D eigenvalue weighted by atomic mass is 16.5. The van der Waals surface area contributed by atoms with Crippen LogP contribution < -0.4 is 15.0 Å². The van der Waals surface area contributed by atoms with Crippen LogP contribution in [-0.2, 0) is 14.3 Å². The number of likely N-dealkylation sites (N-methyl/N-ethyl adjacent to an activating group) is 1. The summed E-state index contributed by atoms with van der Waals surface area (Å²) >= 11 is 0. The average Bonchev–Trinajstić information content (AvgIpc) is 2.69. The molecular weight excluding hydrogens is 358 g/mol. The van der Waals surface area contributed by atoms with Gasteiger partial charge in [-0.05, 0) is 37.8 Å². The molecule has 7 nitrogen and oxygen atoms in total. The molecule has 1 aromatic carbocycles. The third kappa shape index (κ3) is 6.98. The monoisotopic (exact) mass is 390 g/mol. The summed E-state index contributed by atoms with van der Waals surface area (Å²) in [4.78, 5) is 27.8. The molecule has 0 aromatic heterocycles. The molecule has 0 saturated heterocycles. The molecule has 1 aliphatic carbocycles. The van der Waals surface area contributed by atoms with Gasteiger partial charge in [0, 0.05) is 31.1 Å². The minimum absolute atomic E-state index is 0.0249. The predicted octanol–water partition coefficient (Wildman–Crippen LogP) is 1.08. The minimum Gasteiger partial charge on any atom is -0.497 e. The highest BCUT2D eigenvalue weighted by Crippen LogP contribution is 2.20. The lowest BCUT2D eigenvalue weighted by Gasteiger charge is -2.28. The zero-order chi connectivity index (χ0) is 20.4. The van der Waals surface area contributed by atoms with Gasteiger partial charge in [0.05, 0.1) is 20.8 Å². The van der Waals surface area contributed by atoms with Crippen LogP contribution in [0.2, 0.25) is 0 Å². The number of anilines is 1. The van der Waals surface area contributed by atoms with Crippen molar-refractivity contribution in [2.45, 2.75) is 25.7 Å². The molecule has 28 heavy (non-hydrogen) atoms. The number of rotatable bonds is 10. The summed E-state index contributed by atoms with van der Waals surface area (Å²) in [6.45, 7) is 1.51. The van der Waals surface area contributed by atoms with Gasteiger partial charge in [-0.1, -0.05) is 12.1 Å². The van der Waals surface area contributed by atoms with Crippen molar-refractivity contribution in [1.29, 1.82) is 0 Å². The largest absolute Gasteiger partial charge is 0.497 e. The van der Waals surface area contributed by atoms with Crippen LogP contribution in [0, 0.1) is 0 Å². The Hall–Kier alpha value is -2.38. The molecule has 1 unspecified atom stereocenters. The van der Waals surface area contributed by atoms with E-state index in [2.05, 4.69) is 11.4 Å². The standard InChI is InChI=1S/C21H31N3O4/c1-23(15-20(25)22-17-8-7-11-19(14-17)28-3)16-21(26)24(12-13-27-2)18-9-5-4-6-10-18/h7-9,11,14H,4-6,10,12-13,15-16H2,1-3H3,(H,22,25)/p+1.